The molecular formula is C13H14N4O2S. The molecule has 1 aromatic carbocycles. The fourth-order valence-corrected chi connectivity index (χ4v) is 2.40. The van der Waals surface area contributed by atoms with Crippen LogP contribution in [0.3, 0.4) is 0 Å². The summed E-state index contributed by atoms with van der Waals surface area (Å²) in [6.45, 7) is 2.16. The molecule has 0 atom stereocenters. The molecule has 0 bridgehead atoms. The number of hydrogen-bond donors (Lipinski definition) is 3. The van der Waals surface area contributed by atoms with E-state index in [-0.39, 0.29) is 11.7 Å². The van der Waals surface area contributed by atoms with Crippen LogP contribution in [-0.4, -0.2) is 21.9 Å². The van der Waals surface area contributed by atoms with Gasteiger partial charge >= 0.3 is 0 Å². The van der Waals surface area contributed by atoms with Crippen molar-refractivity contribution in [3.05, 3.63) is 51.5 Å². The molecule has 1 amide bonds. The van der Waals surface area contributed by atoms with Crippen LogP contribution in [0, 0.1) is 6.92 Å². The van der Waals surface area contributed by atoms with Crippen LogP contribution in [0.15, 0.2) is 34.9 Å². The summed E-state index contributed by atoms with van der Waals surface area (Å²) in [5, 5.41) is 14.4. The minimum atomic E-state index is -0.154. The molecule has 0 fully saturated rings. The summed E-state index contributed by atoms with van der Waals surface area (Å²) in [6.07, 6.45) is 0. The van der Waals surface area contributed by atoms with Gasteiger partial charge in [-0.25, -0.2) is 4.98 Å². The number of carbonyl (C=O) groups is 1. The normalized spacial score (nSPS) is 11.3. The molecule has 2 rings (SSSR count). The summed E-state index contributed by atoms with van der Waals surface area (Å²) in [6, 6.07) is 7.13. The molecular weight excluding hydrogens is 276 g/mol. The number of thiazole rings is 1. The summed E-state index contributed by atoms with van der Waals surface area (Å²) in [4.78, 5) is 16.6. The van der Waals surface area contributed by atoms with E-state index in [4.69, 9.17) is 10.9 Å². The zero-order chi connectivity index (χ0) is 14.5. The highest BCUT2D eigenvalue weighted by Crippen LogP contribution is 2.12. The Kier molecular flexibility index (Phi) is 4.31. The Morgan fingerprint density at radius 3 is 3.00 bits per heavy atom. The van der Waals surface area contributed by atoms with E-state index in [0.717, 1.165) is 11.3 Å². The third-order valence-electron chi connectivity index (χ3n) is 2.74. The highest BCUT2D eigenvalue weighted by molar-refractivity contribution is 7.11. The van der Waals surface area contributed by atoms with Gasteiger partial charge in [-0.3, -0.25) is 4.79 Å². The number of oxime groups is 1. The zero-order valence-electron chi connectivity index (χ0n) is 10.8. The van der Waals surface area contributed by atoms with Crippen molar-refractivity contribution in [3.63, 3.8) is 0 Å². The van der Waals surface area contributed by atoms with Crippen LogP contribution in [0.2, 0.25) is 0 Å². The first kappa shape index (κ1) is 14.0. The first-order valence-electron chi connectivity index (χ1n) is 5.87. The average molecular weight is 290 g/mol. The standard InChI is InChI=1S/C13H14N4O2S/c1-8-11(20-7-16-8)13(18)15-6-9-3-2-4-10(5-9)12(14)17-19/h2-5,7,19H,6H2,1H3,(H2,14,17)(H,15,18). The Morgan fingerprint density at radius 1 is 1.55 bits per heavy atom. The van der Waals surface area contributed by atoms with Crippen molar-refractivity contribution in [2.45, 2.75) is 13.5 Å². The molecule has 20 heavy (non-hydrogen) atoms. The van der Waals surface area contributed by atoms with E-state index in [1.54, 1.807) is 30.6 Å². The molecule has 0 unspecified atom stereocenters. The Balaban J connectivity index is 2.05. The lowest BCUT2D eigenvalue weighted by atomic mass is 10.1. The second kappa shape index (κ2) is 6.16. The van der Waals surface area contributed by atoms with Crippen LogP contribution in [0.25, 0.3) is 0 Å². The number of amides is 1. The molecule has 6 nitrogen and oxygen atoms in total. The molecule has 0 aliphatic heterocycles. The van der Waals surface area contributed by atoms with E-state index < -0.39 is 0 Å². The SMILES string of the molecule is Cc1ncsc1C(=O)NCc1cccc(C(N)=NO)c1. The van der Waals surface area contributed by atoms with Crippen LogP contribution >= 0.6 is 11.3 Å². The van der Waals surface area contributed by atoms with Gasteiger partial charge in [-0.1, -0.05) is 23.4 Å². The van der Waals surface area contributed by atoms with Gasteiger partial charge in [-0.2, -0.15) is 0 Å². The maximum atomic E-state index is 11.9. The fourth-order valence-electron chi connectivity index (χ4n) is 1.68. The topological polar surface area (TPSA) is 101 Å². The minimum Gasteiger partial charge on any atom is -0.409 e. The third-order valence-corrected chi connectivity index (χ3v) is 3.66. The van der Waals surface area contributed by atoms with Crippen molar-refractivity contribution in [2.75, 3.05) is 0 Å². The maximum Gasteiger partial charge on any atom is 0.263 e. The molecule has 7 heteroatoms. The average Bonchev–Trinajstić information content (AvgIpc) is 2.90. The Hall–Kier alpha value is -2.41. The number of rotatable bonds is 4. The minimum absolute atomic E-state index is 0.0384. The van der Waals surface area contributed by atoms with Gasteiger partial charge in [-0.15, -0.1) is 11.3 Å². The summed E-state index contributed by atoms with van der Waals surface area (Å²) in [5.41, 5.74) is 9.35. The number of amidine groups is 1. The van der Waals surface area contributed by atoms with Crippen LogP contribution in [-0.2, 0) is 6.54 Å². The molecule has 4 N–H and O–H groups in total. The highest BCUT2D eigenvalue weighted by atomic mass is 32.1. The number of carbonyl (C=O) groups excluding carboxylic acids is 1. The van der Waals surface area contributed by atoms with E-state index in [1.165, 1.54) is 11.3 Å². The van der Waals surface area contributed by atoms with Gasteiger partial charge in [-0.05, 0) is 18.6 Å². The molecule has 1 heterocycles. The number of benzene rings is 1. The second-order valence-electron chi connectivity index (χ2n) is 4.14. The predicted molar refractivity (Wildman–Crippen MR) is 77.0 cm³/mol. The summed E-state index contributed by atoms with van der Waals surface area (Å²) in [7, 11) is 0. The highest BCUT2D eigenvalue weighted by Gasteiger charge is 2.11. The van der Waals surface area contributed by atoms with Crippen LogP contribution in [0.5, 0.6) is 0 Å². The number of nitrogens with zero attached hydrogens (tertiary/aromatic N) is 2. The Bertz CT molecular complexity index is 651. The van der Waals surface area contributed by atoms with Crippen molar-refractivity contribution >= 4 is 23.1 Å². The van der Waals surface area contributed by atoms with E-state index in [2.05, 4.69) is 15.5 Å². The van der Waals surface area contributed by atoms with Crippen LogP contribution in [0.4, 0.5) is 0 Å². The number of nitrogens with one attached hydrogen (secondary N) is 1. The molecule has 0 aliphatic carbocycles. The van der Waals surface area contributed by atoms with Crippen LogP contribution in [0.1, 0.15) is 26.5 Å². The Labute approximate surface area is 120 Å². The van der Waals surface area contributed by atoms with E-state index >= 15 is 0 Å². The van der Waals surface area contributed by atoms with E-state index in [0.29, 0.717) is 17.0 Å². The third kappa shape index (κ3) is 3.12. The monoisotopic (exact) mass is 290 g/mol. The molecule has 2 aromatic rings. The molecule has 0 saturated heterocycles. The fraction of sp³-hybridized carbons (Fsp3) is 0.154. The van der Waals surface area contributed by atoms with Crippen LogP contribution < -0.4 is 11.1 Å². The van der Waals surface area contributed by atoms with Gasteiger partial charge in [0.15, 0.2) is 5.84 Å². The van der Waals surface area contributed by atoms with Crippen molar-refractivity contribution in [1.82, 2.24) is 10.3 Å². The lowest BCUT2D eigenvalue weighted by Crippen LogP contribution is -2.23. The lowest BCUT2D eigenvalue weighted by molar-refractivity contribution is 0.0954. The first-order valence-corrected chi connectivity index (χ1v) is 6.75. The molecule has 0 saturated carbocycles. The smallest absolute Gasteiger partial charge is 0.263 e. The Morgan fingerprint density at radius 2 is 2.35 bits per heavy atom. The van der Waals surface area contributed by atoms with Crippen molar-refractivity contribution in [1.29, 1.82) is 0 Å². The summed E-state index contributed by atoms with van der Waals surface area (Å²) in [5.74, 6) is -0.115. The van der Waals surface area contributed by atoms with Gasteiger partial charge in [0.25, 0.3) is 5.91 Å². The number of aryl methyl sites for hydroxylation is 1. The van der Waals surface area contributed by atoms with Gasteiger partial charge in [0.1, 0.15) is 4.88 Å². The zero-order valence-corrected chi connectivity index (χ0v) is 11.6. The number of nitrogens with two attached hydrogens (primary N) is 1. The quantitative estimate of drug-likeness (QED) is 0.343. The van der Waals surface area contributed by atoms with Gasteiger partial charge in [0.2, 0.25) is 0 Å². The number of aromatic nitrogens is 1. The van der Waals surface area contributed by atoms with Gasteiger partial charge in [0.05, 0.1) is 11.2 Å². The van der Waals surface area contributed by atoms with Crippen molar-refractivity contribution < 1.29 is 10.0 Å². The molecule has 1 aromatic heterocycles. The van der Waals surface area contributed by atoms with E-state index in [1.807, 2.05) is 6.07 Å². The van der Waals surface area contributed by atoms with Gasteiger partial charge < -0.3 is 16.3 Å². The molecule has 104 valence electrons. The lowest BCUT2D eigenvalue weighted by Gasteiger charge is -2.06. The molecule has 0 spiro atoms. The first-order chi connectivity index (χ1) is 9.61. The largest absolute Gasteiger partial charge is 0.409 e. The van der Waals surface area contributed by atoms with Crippen molar-refractivity contribution in [3.8, 4) is 0 Å². The second-order valence-corrected chi connectivity index (χ2v) is 4.99. The summed E-state index contributed by atoms with van der Waals surface area (Å²) >= 11 is 1.31. The molecule has 0 aliphatic rings. The van der Waals surface area contributed by atoms with Gasteiger partial charge in [0, 0.05) is 12.1 Å². The molecule has 0 radical (unpaired) electrons. The predicted octanol–water partition coefficient (Wildman–Crippen LogP) is 1.48. The van der Waals surface area contributed by atoms with E-state index in [9.17, 15) is 4.79 Å². The maximum absolute atomic E-state index is 11.9. The summed E-state index contributed by atoms with van der Waals surface area (Å²) < 4.78 is 0. The number of hydrogen-bond acceptors (Lipinski definition) is 5. The van der Waals surface area contributed by atoms with Crippen molar-refractivity contribution in [2.24, 2.45) is 10.9 Å².